The van der Waals surface area contributed by atoms with Crippen LogP contribution < -0.4 is 10.6 Å². The Kier molecular flexibility index (Phi) is 6.08. The smallest absolute Gasteiger partial charge is 0.188 e. The molecule has 0 aliphatic carbocycles. The Hall–Kier alpha value is -1.82. The van der Waals surface area contributed by atoms with Crippen molar-refractivity contribution in [3.8, 4) is 0 Å². The number of nitrogens with zero attached hydrogens (tertiary/aromatic N) is 4. The number of amidine groups is 1. The van der Waals surface area contributed by atoms with Crippen molar-refractivity contribution < 1.29 is 5.21 Å². The third-order valence-corrected chi connectivity index (χ3v) is 2.90. The van der Waals surface area contributed by atoms with Gasteiger partial charge in [-0.15, -0.1) is 0 Å². The minimum atomic E-state index is 0.0298. The monoisotopic (exact) mass is 265 g/mol. The van der Waals surface area contributed by atoms with Gasteiger partial charge in [0.2, 0.25) is 0 Å². The van der Waals surface area contributed by atoms with Crippen molar-refractivity contribution in [3.63, 3.8) is 0 Å². The van der Waals surface area contributed by atoms with Gasteiger partial charge in [0.05, 0.1) is 11.9 Å². The Morgan fingerprint density at radius 2 is 2.11 bits per heavy atom. The van der Waals surface area contributed by atoms with Gasteiger partial charge < -0.3 is 20.7 Å². The molecule has 0 saturated heterocycles. The molecular formula is C13H23N5O. The highest BCUT2D eigenvalue weighted by Crippen LogP contribution is 2.13. The highest BCUT2D eigenvalue weighted by atomic mass is 16.4. The maximum Gasteiger partial charge on any atom is 0.188 e. The van der Waals surface area contributed by atoms with Crippen molar-refractivity contribution in [1.82, 2.24) is 9.88 Å². The summed E-state index contributed by atoms with van der Waals surface area (Å²) in [4.78, 5) is 8.62. The Balaban J connectivity index is 2.66. The van der Waals surface area contributed by atoms with E-state index in [2.05, 4.69) is 41.0 Å². The lowest BCUT2D eigenvalue weighted by Gasteiger charge is -2.23. The fraction of sp³-hybridized carbons (Fsp3) is 0.538. The lowest BCUT2D eigenvalue weighted by molar-refractivity contribution is 0.318. The van der Waals surface area contributed by atoms with E-state index >= 15 is 0 Å². The Morgan fingerprint density at radius 3 is 2.58 bits per heavy atom. The first-order valence-corrected chi connectivity index (χ1v) is 6.42. The molecule has 0 amide bonds. The Morgan fingerprint density at radius 1 is 1.37 bits per heavy atom. The van der Waals surface area contributed by atoms with Crippen LogP contribution in [0.5, 0.6) is 0 Å². The second-order valence-corrected chi connectivity index (χ2v) is 4.62. The predicted molar refractivity (Wildman–Crippen MR) is 77.8 cm³/mol. The van der Waals surface area contributed by atoms with Gasteiger partial charge in [-0.1, -0.05) is 5.16 Å². The molecule has 6 nitrogen and oxygen atoms in total. The minimum Gasteiger partial charge on any atom is -0.409 e. The minimum absolute atomic E-state index is 0.0298. The van der Waals surface area contributed by atoms with Crippen molar-refractivity contribution in [1.29, 1.82) is 0 Å². The SMILES string of the molecule is CCN(CCCN(C)C)c1ccc(/C(N)=N/O)nc1. The molecule has 1 aromatic heterocycles. The maximum atomic E-state index is 8.59. The van der Waals surface area contributed by atoms with Gasteiger partial charge in [0.25, 0.3) is 0 Å². The van der Waals surface area contributed by atoms with Crippen LogP contribution in [0, 0.1) is 0 Å². The van der Waals surface area contributed by atoms with Crippen LogP contribution in [0.2, 0.25) is 0 Å². The summed E-state index contributed by atoms with van der Waals surface area (Å²) in [5.74, 6) is 0.0298. The number of nitrogens with two attached hydrogens (primary N) is 1. The molecule has 0 atom stereocenters. The summed E-state index contributed by atoms with van der Waals surface area (Å²) in [5, 5.41) is 11.5. The van der Waals surface area contributed by atoms with E-state index in [0.717, 1.165) is 31.7 Å². The molecule has 0 spiro atoms. The standard InChI is InChI=1S/C13H23N5O/c1-4-18(9-5-8-17(2)3)11-6-7-12(15-10-11)13(14)16-19/h6-7,10,19H,4-5,8-9H2,1-3H3,(H2,14,16). The zero-order valence-electron chi connectivity index (χ0n) is 11.9. The first-order valence-electron chi connectivity index (χ1n) is 6.42. The van der Waals surface area contributed by atoms with E-state index < -0.39 is 0 Å². The molecule has 3 N–H and O–H groups in total. The molecule has 1 aromatic rings. The quantitative estimate of drug-likeness (QED) is 0.332. The van der Waals surface area contributed by atoms with Crippen molar-refractivity contribution in [2.45, 2.75) is 13.3 Å². The average molecular weight is 265 g/mol. The Labute approximate surface area is 114 Å². The average Bonchev–Trinajstić information content (AvgIpc) is 2.43. The third-order valence-electron chi connectivity index (χ3n) is 2.90. The summed E-state index contributed by atoms with van der Waals surface area (Å²) in [6.45, 7) is 5.09. The van der Waals surface area contributed by atoms with Crippen molar-refractivity contribution in [2.24, 2.45) is 10.9 Å². The molecule has 1 rings (SSSR count). The van der Waals surface area contributed by atoms with Gasteiger partial charge in [0.15, 0.2) is 5.84 Å². The number of hydrogen-bond donors (Lipinski definition) is 2. The highest BCUT2D eigenvalue weighted by Gasteiger charge is 2.06. The zero-order valence-corrected chi connectivity index (χ0v) is 11.9. The van der Waals surface area contributed by atoms with E-state index in [9.17, 15) is 0 Å². The fourth-order valence-electron chi connectivity index (χ4n) is 1.82. The topological polar surface area (TPSA) is 78.0 Å². The number of pyridine rings is 1. The van der Waals surface area contributed by atoms with Gasteiger partial charge >= 0.3 is 0 Å². The molecule has 0 aliphatic rings. The summed E-state index contributed by atoms with van der Waals surface area (Å²) >= 11 is 0. The number of hydrogen-bond acceptors (Lipinski definition) is 5. The lowest BCUT2D eigenvalue weighted by atomic mass is 10.2. The molecule has 0 saturated carbocycles. The fourth-order valence-corrected chi connectivity index (χ4v) is 1.82. The first-order chi connectivity index (χ1) is 9.08. The van der Waals surface area contributed by atoms with Crippen LogP contribution in [0.25, 0.3) is 0 Å². The third kappa shape index (κ3) is 4.75. The molecule has 0 fully saturated rings. The van der Waals surface area contributed by atoms with E-state index in [-0.39, 0.29) is 5.84 Å². The normalized spacial score (nSPS) is 11.9. The summed E-state index contributed by atoms with van der Waals surface area (Å²) < 4.78 is 0. The zero-order chi connectivity index (χ0) is 14.3. The van der Waals surface area contributed by atoms with Crippen molar-refractivity contribution in [2.75, 3.05) is 38.6 Å². The van der Waals surface area contributed by atoms with E-state index in [1.807, 2.05) is 6.07 Å². The second-order valence-electron chi connectivity index (χ2n) is 4.62. The van der Waals surface area contributed by atoms with Gasteiger partial charge in [0.1, 0.15) is 5.69 Å². The predicted octanol–water partition coefficient (Wildman–Crippen LogP) is 0.954. The number of anilines is 1. The molecule has 0 aliphatic heterocycles. The molecule has 0 radical (unpaired) electrons. The summed E-state index contributed by atoms with van der Waals surface area (Å²) in [7, 11) is 4.15. The van der Waals surface area contributed by atoms with E-state index in [0.29, 0.717) is 5.69 Å². The molecule has 19 heavy (non-hydrogen) atoms. The van der Waals surface area contributed by atoms with E-state index in [1.54, 1.807) is 12.3 Å². The first kappa shape index (κ1) is 15.2. The van der Waals surface area contributed by atoms with Crippen LogP contribution in [0.3, 0.4) is 0 Å². The van der Waals surface area contributed by atoms with Crippen LogP contribution in [0.1, 0.15) is 19.0 Å². The van der Waals surface area contributed by atoms with Gasteiger partial charge in [-0.2, -0.15) is 0 Å². The van der Waals surface area contributed by atoms with E-state index in [1.165, 1.54) is 0 Å². The molecule has 106 valence electrons. The van der Waals surface area contributed by atoms with Gasteiger partial charge in [-0.25, -0.2) is 0 Å². The molecule has 6 heteroatoms. The van der Waals surface area contributed by atoms with E-state index in [4.69, 9.17) is 10.9 Å². The number of aromatic nitrogens is 1. The molecule has 0 aromatic carbocycles. The van der Waals surface area contributed by atoms with Crippen LogP contribution in [-0.2, 0) is 0 Å². The summed E-state index contributed by atoms with van der Waals surface area (Å²) in [6.07, 6.45) is 2.86. The van der Waals surface area contributed by atoms with Crippen LogP contribution in [0.15, 0.2) is 23.5 Å². The lowest BCUT2D eigenvalue weighted by Crippen LogP contribution is -2.27. The van der Waals surface area contributed by atoms with Gasteiger partial charge in [0, 0.05) is 13.1 Å². The largest absolute Gasteiger partial charge is 0.409 e. The maximum absolute atomic E-state index is 8.59. The van der Waals surface area contributed by atoms with Gasteiger partial charge in [-0.05, 0) is 46.1 Å². The summed E-state index contributed by atoms with van der Waals surface area (Å²) in [6, 6.07) is 3.71. The van der Waals surface area contributed by atoms with Crippen LogP contribution in [-0.4, -0.2) is 54.7 Å². The number of oxime groups is 1. The van der Waals surface area contributed by atoms with Gasteiger partial charge in [-0.3, -0.25) is 4.98 Å². The molecule has 0 unspecified atom stereocenters. The molecule has 0 bridgehead atoms. The Bertz CT molecular complexity index is 402. The van der Waals surface area contributed by atoms with Crippen LogP contribution in [0.4, 0.5) is 5.69 Å². The molecular weight excluding hydrogens is 242 g/mol. The highest BCUT2D eigenvalue weighted by molar-refractivity contribution is 5.95. The van der Waals surface area contributed by atoms with Crippen molar-refractivity contribution in [3.05, 3.63) is 24.0 Å². The number of rotatable bonds is 7. The van der Waals surface area contributed by atoms with Crippen LogP contribution >= 0.6 is 0 Å². The summed E-state index contributed by atoms with van der Waals surface area (Å²) in [5.41, 5.74) is 7.02. The molecule has 1 heterocycles. The van der Waals surface area contributed by atoms with Crippen molar-refractivity contribution >= 4 is 11.5 Å². The second kappa shape index (κ2) is 7.58.